The lowest BCUT2D eigenvalue weighted by molar-refractivity contribution is -0.133. The standard InChI is InChI=1S/C14H18BrNO3/c1-5-12(17)10-7-6-9(15)8-11(10)16-13(18)14(2,3)19-4/h6-8H,5H2,1-4H3,(H,16,18). The first kappa shape index (κ1) is 15.9. The van der Waals surface area contributed by atoms with Gasteiger partial charge in [-0.3, -0.25) is 9.59 Å². The van der Waals surface area contributed by atoms with E-state index >= 15 is 0 Å². The van der Waals surface area contributed by atoms with Crippen molar-refractivity contribution in [1.29, 1.82) is 0 Å². The van der Waals surface area contributed by atoms with Gasteiger partial charge < -0.3 is 10.1 Å². The minimum absolute atomic E-state index is 0.0157. The van der Waals surface area contributed by atoms with Crippen LogP contribution in [0.4, 0.5) is 5.69 Å². The van der Waals surface area contributed by atoms with Crippen molar-refractivity contribution in [1.82, 2.24) is 0 Å². The Balaban J connectivity index is 3.09. The van der Waals surface area contributed by atoms with Crippen LogP contribution in [0.15, 0.2) is 22.7 Å². The highest BCUT2D eigenvalue weighted by atomic mass is 79.9. The molecular weight excluding hydrogens is 310 g/mol. The van der Waals surface area contributed by atoms with Gasteiger partial charge in [-0.2, -0.15) is 0 Å². The number of carbonyl (C=O) groups is 2. The van der Waals surface area contributed by atoms with Crippen LogP contribution < -0.4 is 5.32 Å². The van der Waals surface area contributed by atoms with Gasteiger partial charge in [0, 0.05) is 23.6 Å². The summed E-state index contributed by atoms with van der Waals surface area (Å²) in [6.07, 6.45) is 0.387. The van der Waals surface area contributed by atoms with E-state index in [0.29, 0.717) is 17.7 Å². The lowest BCUT2D eigenvalue weighted by atomic mass is 10.0. The highest BCUT2D eigenvalue weighted by Gasteiger charge is 2.28. The number of Topliss-reactive ketones (excluding diaryl/α,β-unsaturated/α-hetero) is 1. The number of anilines is 1. The molecule has 104 valence electrons. The van der Waals surface area contributed by atoms with E-state index < -0.39 is 5.60 Å². The van der Waals surface area contributed by atoms with Gasteiger partial charge in [-0.15, -0.1) is 0 Å². The van der Waals surface area contributed by atoms with Crippen molar-refractivity contribution in [3.63, 3.8) is 0 Å². The SMILES string of the molecule is CCC(=O)c1ccc(Br)cc1NC(=O)C(C)(C)OC. The van der Waals surface area contributed by atoms with Gasteiger partial charge in [0.2, 0.25) is 0 Å². The molecule has 0 aliphatic carbocycles. The second-order valence-electron chi connectivity index (χ2n) is 4.64. The fourth-order valence-electron chi connectivity index (χ4n) is 1.42. The summed E-state index contributed by atoms with van der Waals surface area (Å²) in [5, 5.41) is 2.74. The Morgan fingerprint density at radius 1 is 1.37 bits per heavy atom. The number of carbonyl (C=O) groups excluding carboxylic acids is 2. The molecule has 0 aliphatic heterocycles. The molecule has 1 aromatic rings. The van der Waals surface area contributed by atoms with Crippen molar-refractivity contribution in [3.8, 4) is 0 Å². The molecule has 0 bridgehead atoms. The molecule has 1 aromatic carbocycles. The van der Waals surface area contributed by atoms with Gasteiger partial charge in [0.25, 0.3) is 5.91 Å². The van der Waals surface area contributed by atoms with Crippen molar-refractivity contribution in [3.05, 3.63) is 28.2 Å². The second kappa shape index (κ2) is 6.30. The Labute approximate surface area is 121 Å². The summed E-state index contributed by atoms with van der Waals surface area (Å²) >= 11 is 3.33. The molecule has 0 saturated heterocycles. The molecule has 0 aliphatic rings. The molecule has 4 nitrogen and oxygen atoms in total. The largest absolute Gasteiger partial charge is 0.369 e. The monoisotopic (exact) mass is 327 g/mol. The third-order valence-corrected chi connectivity index (χ3v) is 3.40. The summed E-state index contributed by atoms with van der Waals surface area (Å²) < 4.78 is 5.92. The number of halogens is 1. The maximum absolute atomic E-state index is 12.1. The first-order valence-corrected chi connectivity index (χ1v) is 6.80. The predicted octanol–water partition coefficient (Wildman–Crippen LogP) is 3.41. The number of benzene rings is 1. The molecule has 1 amide bonds. The normalized spacial score (nSPS) is 11.2. The molecule has 0 spiro atoms. The Hall–Kier alpha value is -1.20. The molecule has 19 heavy (non-hydrogen) atoms. The van der Waals surface area contributed by atoms with Crippen molar-refractivity contribution >= 4 is 33.3 Å². The Morgan fingerprint density at radius 3 is 2.53 bits per heavy atom. The number of hydrogen-bond acceptors (Lipinski definition) is 3. The van der Waals surface area contributed by atoms with Gasteiger partial charge in [0.15, 0.2) is 5.78 Å². The van der Waals surface area contributed by atoms with E-state index in [1.165, 1.54) is 7.11 Å². The highest BCUT2D eigenvalue weighted by molar-refractivity contribution is 9.10. The fraction of sp³-hybridized carbons (Fsp3) is 0.429. The number of methoxy groups -OCH3 is 1. The minimum Gasteiger partial charge on any atom is -0.369 e. The maximum Gasteiger partial charge on any atom is 0.256 e. The van der Waals surface area contributed by atoms with Gasteiger partial charge in [-0.25, -0.2) is 0 Å². The van der Waals surface area contributed by atoms with Crippen LogP contribution in [-0.4, -0.2) is 24.4 Å². The van der Waals surface area contributed by atoms with Crippen LogP contribution in [0, 0.1) is 0 Å². The summed E-state index contributed by atoms with van der Waals surface area (Å²) in [5.41, 5.74) is 0.0526. The van der Waals surface area contributed by atoms with Crippen LogP contribution in [0.1, 0.15) is 37.6 Å². The number of ether oxygens (including phenoxy) is 1. The number of amides is 1. The Kier molecular flexibility index (Phi) is 5.26. The summed E-state index contributed by atoms with van der Waals surface area (Å²) in [5.74, 6) is -0.309. The molecule has 0 heterocycles. The maximum atomic E-state index is 12.1. The molecule has 1 rings (SSSR count). The smallest absolute Gasteiger partial charge is 0.256 e. The quantitative estimate of drug-likeness (QED) is 0.843. The third-order valence-electron chi connectivity index (χ3n) is 2.91. The molecule has 0 aromatic heterocycles. The van der Waals surface area contributed by atoms with E-state index in [1.807, 2.05) is 0 Å². The summed E-state index contributed by atoms with van der Waals surface area (Å²) in [4.78, 5) is 23.9. The molecule has 0 atom stereocenters. The summed E-state index contributed by atoms with van der Waals surface area (Å²) in [7, 11) is 1.47. The summed E-state index contributed by atoms with van der Waals surface area (Å²) in [6.45, 7) is 5.12. The van der Waals surface area contributed by atoms with E-state index in [1.54, 1.807) is 39.0 Å². The average Bonchev–Trinajstić information content (AvgIpc) is 2.38. The lowest BCUT2D eigenvalue weighted by Crippen LogP contribution is -2.39. The van der Waals surface area contributed by atoms with Gasteiger partial charge in [0.05, 0.1) is 5.69 Å². The van der Waals surface area contributed by atoms with E-state index in [0.717, 1.165) is 4.47 Å². The third kappa shape index (κ3) is 3.88. The number of ketones is 1. The van der Waals surface area contributed by atoms with Gasteiger partial charge in [-0.05, 0) is 32.0 Å². The van der Waals surface area contributed by atoms with Crippen molar-refractivity contribution in [2.45, 2.75) is 32.8 Å². The van der Waals surface area contributed by atoms with E-state index in [2.05, 4.69) is 21.2 Å². The molecule has 5 heteroatoms. The van der Waals surface area contributed by atoms with E-state index in [4.69, 9.17) is 4.74 Å². The van der Waals surface area contributed by atoms with Crippen LogP contribution in [0.3, 0.4) is 0 Å². The van der Waals surface area contributed by atoms with Crippen LogP contribution >= 0.6 is 15.9 Å². The molecule has 0 saturated carbocycles. The Bertz CT molecular complexity index is 497. The molecule has 0 fully saturated rings. The molecule has 0 radical (unpaired) electrons. The van der Waals surface area contributed by atoms with Gasteiger partial charge in [0.1, 0.15) is 5.60 Å². The molecule has 0 unspecified atom stereocenters. The number of hydrogen-bond donors (Lipinski definition) is 1. The zero-order chi connectivity index (χ0) is 14.6. The fourth-order valence-corrected chi connectivity index (χ4v) is 1.78. The van der Waals surface area contributed by atoms with E-state index in [9.17, 15) is 9.59 Å². The highest BCUT2D eigenvalue weighted by Crippen LogP contribution is 2.24. The second-order valence-corrected chi connectivity index (χ2v) is 5.55. The van der Waals surface area contributed by atoms with Crippen molar-refractivity contribution in [2.75, 3.05) is 12.4 Å². The minimum atomic E-state index is -0.950. The average molecular weight is 328 g/mol. The van der Waals surface area contributed by atoms with Crippen LogP contribution in [0.2, 0.25) is 0 Å². The zero-order valence-electron chi connectivity index (χ0n) is 11.5. The number of rotatable bonds is 5. The van der Waals surface area contributed by atoms with Gasteiger partial charge >= 0.3 is 0 Å². The van der Waals surface area contributed by atoms with Gasteiger partial charge in [-0.1, -0.05) is 22.9 Å². The topological polar surface area (TPSA) is 55.4 Å². The first-order valence-electron chi connectivity index (χ1n) is 6.01. The van der Waals surface area contributed by atoms with Crippen LogP contribution in [0.5, 0.6) is 0 Å². The lowest BCUT2D eigenvalue weighted by Gasteiger charge is -2.22. The first-order chi connectivity index (χ1) is 8.81. The van der Waals surface area contributed by atoms with E-state index in [-0.39, 0.29) is 11.7 Å². The molecular formula is C14H18BrNO3. The number of nitrogens with one attached hydrogen (secondary N) is 1. The van der Waals surface area contributed by atoms with Crippen LogP contribution in [-0.2, 0) is 9.53 Å². The van der Waals surface area contributed by atoms with Crippen molar-refractivity contribution < 1.29 is 14.3 Å². The summed E-state index contributed by atoms with van der Waals surface area (Å²) in [6, 6.07) is 5.19. The molecule has 1 N–H and O–H groups in total. The predicted molar refractivity (Wildman–Crippen MR) is 78.5 cm³/mol. The van der Waals surface area contributed by atoms with Crippen molar-refractivity contribution in [2.24, 2.45) is 0 Å². The Morgan fingerprint density at radius 2 is 2.00 bits per heavy atom. The van der Waals surface area contributed by atoms with Crippen LogP contribution in [0.25, 0.3) is 0 Å². The zero-order valence-corrected chi connectivity index (χ0v) is 13.1.